The molecule has 0 spiro atoms. The topological polar surface area (TPSA) is 29.5 Å². The number of carbonyl (C=O) groups excluding carboxylic acids is 1. The van der Waals surface area contributed by atoms with Crippen molar-refractivity contribution < 1.29 is 9.53 Å². The highest BCUT2D eigenvalue weighted by atomic mass is 79.9. The van der Waals surface area contributed by atoms with Gasteiger partial charge in [-0.25, -0.2) is 0 Å². The second kappa shape index (κ2) is 5.81. The molecule has 1 aromatic carbocycles. The minimum Gasteiger partial charge on any atom is -0.367 e. The molecule has 1 unspecified atom stereocenters. The van der Waals surface area contributed by atoms with E-state index in [-0.39, 0.29) is 17.6 Å². The molecule has 1 aromatic rings. The normalized spacial score (nSPS) is 22.3. The first-order valence-corrected chi connectivity index (χ1v) is 7.53. The average Bonchev–Trinajstić information content (AvgIpc) is 2.36. The molecular formula is C14H17BrClNO2. The van der Waals surface area contributed by atoms with Gasteiger partial charge in [-0.3, -0.25) is 4.79 Å². The van der Waals surface area contributed by atoms with Crippen molar-refractivity contribution in [1.29, 1.82) is 0 Å². The van der Waals surface area contributed by atoms with E-state index in [1.54, 1.807) is 0 Å². The van der Waals surface area contributed by atoms with Crippen LogP contribution in [0.4, 0.5) is 0 Å². The highest BCUT2D eigenvalue weighted by molar-refractivity contribution is 9.10. The Kier molecular flexibility index (Phi) is 4.54. The van der Waals surface area contributed by atoms with E-state index in [0.29, 0.717) is 24.5 Å². The molecule has 0 bridgehead atoms. The number of alkyl halides is 1. The molecule has 1 aliphatic rings. The summed E-state index contributed by atoms with van der Waals surface area (Å²) in [4.78, 5) is 14.4. The van der Waals surface area contributed by atoms with Crippen molar-refractivity contribution in [2.45, 2.75) is 25.6 Å². The van der Waals surface area contributed by atoms with Crippen LogP contribution < -0.4 is 0 Å². The largest absolute Gasteiger partial charge is 0.367 e. The third kappa shape index (κ3) is 3.50. The maximum Gasteiger partial charge on any atom is 0.255 e. The van der Waals surface area contributed by atoms with Gasteiger partial charge in [0.1, 0.15) is 0 Å². The van der Waals surface area contributed by atoms with E-state index in [0.717, 1.165) is 4.47 Å². The minimum absolute atomic E-state index is 0.0129. The molecule has 5 heteroatoms. The maximum absolute atomic E-state index is 12.6. The molecule has 104 valence electrons. The van der Waals surface area contributed by atoms with Gasteiger partial charge in [0.25, 0.3) is 5.91 Å². The first-order chi connectivity index (χ1) is 8.93. The van der Waals surface area contributed by atoms with E-state index in [4.69, 9.17) is 16.3 Å². The third-order valence-corrected chi connectivity index (χ3v) is 4.08. The van der Waals surface area contributed by atoms with Crippen LogP contribution in [0.25, 0.3) is 0 Å². The molecular weight excluding hydrogens is 330 g/mol. The highest BCUT2D eigenvalue weighted by Gasteiger charge is 2.35. The minimum atomic E-state index is -0.366. The Morgan fingerprint density at radius 2 is 2.21 bits per heavy atom. The van der Waals surface area contributed by atoms with Crippen molar-refractivity contribution in [3.63, 3.8) is 0 Å². The molecule has 0 aromatic heterocycles. The van der Waals surface area contributed by atoms with Crippen LogP contribution in [-0.2, 0) is 4.74 Å². The van der Waals surface area contributed by atoms with Gasteiger partial charge < -0.3 is 9.64 Å². The maximum atomic E-state index is 12.6. The molecule has 19 heavy (non-hydrogen) atoms. The lowest BCUT2D eigenvalue weighted by Crippen LogP contribution is -2.55. The number of rotatable bonds is 2. The van der Waals surface area contributed by atoms with Gasteiger partial charge in [0.2, 0.25) is 0 Å². The number of morpholine rings is 1. The lowest BCUT2D eigenvalue weighted by molar-refractivity contribution is -0.117. The Morgan fingerprint density at radius 3 is 2.84 bits per heavy atom. The molecule has 0 N–H and O–H groups in total. The number of benzene rings is 1. The van der Waals surface area contributed by atoms with Crippen LogP contribution >= 0.6 is 27.5 Å². The average molecular weight is 347 g/mol. The SMILES string of the molecule is CC1(C)CN(C(=O)c2ccccc2Br)CC(CCl)O1. The van der Waals surface area contributed by atoms with Gasteiger partial charge in [0.15, 0.2) is 0 Å². The molecule has 1 amide bonds. The monoisotopic (exact) mass is 345 g/mol. The zero-order valence-corrected chi connectivity index (χ0v) is 13.4. The van der Waals surface area contributed by atoms with E-state index >= 15 is 0 Å². The van der Waals surface area contributed by atoms with E-state index < -0.39 is 0 Å². The van der Waals surface area contributed by atoms with Gasteiger partial charge in [-0.15, -0.1) is 11.6 Å². The van der Waals surface area contributed by atoms with Crippen LogP contribution in [0.2, 0.25) is 0 Å². The molecule has 0 saturated carbocycles. The first-order valence-electron chi connectivity index (χ1n) is 6.20. The van der Waals surface area contributed by atoms with Crippen LogP contribution in [0, 0.1) is 0 Å². The summed E-state index contributed by atoms with van der Waals surface area (Å²) in [5.74, 6) is 0.405. The van der Waals surface area contributed by atoms with Crippen molar-refractivity contribution in [3.05, 3.63) is 34.3 Å². The second-order valence-corrected chi connectivity index (χ2v) is 6.48. The molecule has 2 rings (SSSR count). The predicted molar refractivity (Wildman–Crippen MR) is 79.7 cm³/mol. The third-order valence-electron chi connectivity index (χ3n) is 3.04. The Balaban J connectivity index is 2.21. The van der Waals surface area contributed by atoms with Crippen molar-refractivity contribution in [2.24, 2.45) is 0 Å². The van der Waals surface area contributed by atoms with Gasteiger partial charge in [-0.2, -0.15) is 0 Å². The Labute approximate surface area is 127 Å². The number of hydrogen-bond acceptors (Lipinski definition) is 2. The smallest absolute Gasteiger partial charge is 0.255 e. The Morgan fingerprint density at radius 1 is 1.53 bits per heavy atom. The van der Waals surface area contributed by atoms with E-state index in [2.05, 4.69) is 15.9 Å². The second-order valence-electron chi connectivity index (χ2n) is 5.32. The highest BCUT2D eigenvalue weighted by Crippen LogP contribution is 2.25. The quantitative estimate of drug-likeness (QED) is 0.769. The number of amides is 1. The fourth-order valence-corrected chi connectivity index (χ4v) is 2.95. The van der Waals surface area contributed by atoms with Crippen LogP contribution in [0.5, 0.6) is 0 Å². The van der Waals surface area contributed by atoms with Crippen molar-refractivity contribution in [1.82, 2.24) is 4.90 Å². The van der Waals surface area contributed by atoms with Gasteiger partial charge in [-0.05, 0) is 41.9 Å². The summed E-state index contributed by atoms with van der Waals surface area (Å²) in [6.07, 6.45) is -0.114. The Hall–Kier alpha value is -0.580. The molecule has 1 aliphatic heterocycles. The van der Waals surface area contributed by atoms with Gasteiger partial charge in [0, 0.05) is 17.6 Å². The lowest BCUT2D eigenvalue weighted by atomic mass is 10.0. The summed E-state index contributed by atoms with van der Waals surface area (Å²) in [6, 6.07) is 7.46. The predicted octanol–water partition coefficient (Wildman–Crippen LogP) is 3.31. The summed E-state index contributed by atoms with van der Waals surface area (Å²) in [5, 5.41) is 0. The molecule has 1 saturated heterocycles. The fraction of sp³-hybridized carbons (Fsp3) is 0.500. The molecule has 1 fully saturated rings. The summed E-state index contributed by atoms with van der Waals surface area (Å²) in [6.45, 7) is 5.06. The molecule has 0 aliphatic carbocycles. The molecule has 1 heterocycles. The number of hydrogen-bond donors (Lipinski definition) is 0. The summed E-state index contributed by atoms with van der Waals surface area (Å²) >= 11 is 9.30. The van der Waals surface area contributed by atoms with Gasteiger partial charge >= 0.3 is 0 Å². The lowest BCUT2D eigenvalue weighted by Gasteiger charge is -2.42. The van der Waals surface area contributed by atoms with Crippen molar-refractivity contribution in [2.75, 3.05) is 19.0 Å². The zero-order chi connectivity index (χ0) is 14.0. The number of nitrogens with zero attached hydrogens (tertiary/aromatic N) is 1. The van der Waals surface area contributed by atoms with Crippen molar-refractivity contribution in [3.8, 4) is 0 Å². The first kappa shape index (κ1) is 14.8. The summed E-state index contributed by atoms with van der Waals surface area (Å²) < 4.78 is 6.64. The van der Waals surface area contributed by atoms with E-state index in [1.807, 2.05) is 43.0 Å². The number of ether oxygens (including phenoxy) is 1. The van der Waals surface area contributed by atoms with Gasteiger partial charge in [-0.1, -0.05) is 12.1 Å². The molecule has 3 nitrogen and oxygen atoms in total. The summed E-state index contributed by atoms with van der Waals surface area (Å²) in [7, 11) is 0. The van der Waals surface area contributed by atoms with Gasteiger partial charge in [0.05, 0.1) is 23.1 Å². The summed E-state index contributed by atoms with van der Waals surface area (Å²) in [5.41, 5.74) is 0.308. The van der Waals surface area contributed by atoms with Crippen LogP contribution in [0.3, 0.4) is 0 Å². The number of carbonyl (C=O) groups is 1. The zero-order valence-electron chi connectivity index (χ0n) is 11.0. The standard InChI is InChI=1S/C14H17BrClNO2/c1-14(2)9-17(8-10(7-16)19-14)13(18)11-5-3-4-6-12(11)15/h3-6,10H,7-9H2,1-2H3. The van der Waals surface area contributed by atoms with Crippen LogP contribution in [0.15, 0.2) is 28.7 Å². The fourth-order valence-electron chi connectivity index (χ4n) is 2.34. The van der Waals surface area contributed by atoms with Crippen LogP contribution in [-0.4, -0.2) is 41.5 Å². The van der Waals surface area contributed by atoms with E-state index in [1.165, 1.54) is 0 Å². The van der Waals surface area contributed by atoms with Crippen molar-refractivity contribution >= 4 is 33.4 Å². The molecule has 1 atom stereocenters. The Bertz CT molecular complexity index is 478. The van der Waals surface area contributed by atoms with Crippen LogP contribution in [0.1, 0.15) is 24.2 Å². The number of halogens is 2. The van der Waals surface area contributed by atoms with E-state index in [9.17, 15) is 4.79 Å². The molecule has 0 radical (unpaired) electrons.